The summed E-state index contributed by atoms with van der Waals surface area (Å²) in [7, 11) is 1.29. The first kappa shape index (κ1) is 21.9. The van der Waals surface area contributed by atoms with Crippen LogP contribution in [0.2, 0.25) is 0 Å². The maximum absolute atomic E-state index is 11.9. The number of nitrogens with one attached hydrogen (secondary N) is 1. The van der Waals surface area contributed by atoms with Gasteiger partial charge in [0.2, 0.25) is 5.16 Å². The molecule has 0 aliphatic rings. The van der Waals surface area contributed by atoms with Crippen molar-refractivity contribution < 1.29 is 14.5 Å². The molecule has 0 aliphatic heterocycles. The number of nitro groups is 1. The first-order valence-electron chi connectivity index (χ1n) is 9.70. The topological polar surface area (TPSA) is 123 Å². The molecule has 1 aromatic heterocycles. The molecule has 0 saturated heterocycles. The van der Waals surface area contributed by atoms with Crippen molar-refractivity contribution in [1.29, 1.82) is 0 Å². The van der Waals surface area contributed by atoms with Crippen molar-refractivity contribution in [2.45, 2.75) is 10.1 Å². The van der Waals surface area contributed by atoms with E-state index in [0.717, 1.165) is 17.3 Å². The lowest BCUT2D eigenvalue weighted by molar-refractivity contribution is -0.387. The van der Waals surface area contributed by atoms with Crippen LogP contribution in [0.25, 0.3) is 11.4 Å². The monoisotopic (exact) mass is 459 g/mol. The van der Waals surface area contributed by atoms with Crippen molar-refractivity contribution in [3.05, 3.63) is 94.0 Å². The Kier molecular flexibility index (Phi) is 6.56. The number of nitrogens with zero attached hydrogens (tertiary/aromatic N) is 4. The van der Waals surface area contributed by atoms with E-state index in [1.807, 2.05) is 30.3 Å². The molecule has 4 aromatic rings. The van der Waals surface area contributed by atoms with Gasteiger partial charge in [-0.3, -0.25) is 20.2 Å². The molecule has 0 atom stereocenters. The van der Waals surface area contributed by atoms with Crippen LogP contribution in [-0.4, -0.2) is 39.4 Å². The SMILES string of the molecule is COC(=O)c1ccccc1N=Cc1ccc(Sc2n[nH]c(-c3ccccc3)n2)c([N+](=O)[O-])c1. The summed E-state index contributed by atoms with van der Waals surface area (Å²) in [5.41, 5.74) is 1.98. The number of para-hydroxylation sites is 1. The molecular formula is C23H17N5O4S. The van der Waals surface area contributed by atoms with E-state index in [4.69, 9.17) is 4.74 Å². The lowest BCUT2D eigenvalue weighted by atomic mass is 10.2. The average molecular weight is 459 g/mol. The summed E-state index contributed by atoms with van der Waals surface area (Å²) < 4.78 is 4.76. The Morgan fingerprint density at radius 1 is 1.12 bits per heavy atom. The highest BCUT2D eigenvalue weighted by molar-refractivity contribution is 7.99. The predicted octanol–water partition coefficient (Wildman–Crippen LogP) is 5.07. The molecule has 0 fully saturated rings. The highest BCUT2D eigenvalue weighted by Crippen LogP contribution is 2.34. The second kappa shape index (κ2) is 9.88. The maximum atomic E-state index is 11.9. The minimum atomic E-state index is -0.512. The Morgan fingerprint density at radius 3 is 2.64 bits per heavy atom. The third-order valence-electron chi connectivity index (χ3n) is 4.56. The highest BCUT2D eigenvalue weighted by atomic mass is 32.2. The molecule has 0 amide bonds. The summed E-state index contributed by atoms with van der Waals surface area (Å²) in [4.78, 5) is 32.2. The second-order valence-corrected chi connectivity index (χ2v) is 7.69. The minimum absolute atomic E-state index is 0.101. The Bertz CT molecular complexity index is 1340. The van der Waals surface area contributed by atoms with Gasteiger partial charge in [0.1, 0.15) is 0 Å². The zero-order chi connectivity index (χ0) is 23.2. The van der Waals surface area contributed by atoms with Gasteiger partial charge in [-0.15, -0.1) is 5.10 Å². The number of carbonyl (C=O) groups excluding carboxylic acids is 1. The molecule has 33 heavy (non-hydrogen) atoms. The van der Waals surface area contributed by atoms with Crippen LogP contribution < -0.4 is 0 Å². The molecule has 164 valence electrons. The van der Waals surface area contributed by atoms with Gasteiger partial charge in [0.25, 0.3) is 5.69 Å². The average Bonchev–Trinajstić information content (AvgIpc) is 3.32. The van der Waals surface area contributed by atoms with Gasteiger partial charge in [-0.1, -0.05) is 48.5 Å². The number of hydrogen-bond acceptors (Lipinski definition) is 8. The van der Waals surface area contributed by atoms with E-state index in [1.54, 1.807) is 36.4 Å². The van der Waals surface area contributed by atoms with Crippen molar-refractivity contribution in [3.8, 4) is 11.4 Å². The molecule has 0 spiro atoms. The van der Waals surface area contributed by atoms with Gasteiger partial charge in [-0.25, -0.2) is 9.78 Å². The lowest BCUT2D eigenvalue weighted by Crippen LogP contribution is -2.01. The van der Waals surface area contributed by atoms with Crippen molar-refractivity contribution in [2.75, 3.05) is 7.11 Å². The van der Waals surface area contributed by atoms with Crippen LogP contribution in [0.15, 0.2) is 87.8 Å². The summed E-state index contributed by atoms with van der Waals surface area (Å²) >= 11 is 1.09. The van der Waals surface area contributed by atoms with E-state index in [9.17, 15) is 14.9 Å². The molecule has 0 radical (unpaired) electrons. The number of benzene rings is 3. The van der Waals surface area contributed by atoms with Gasteiger partial charge in [-0.2, -0.15) is 0 Å². The molecule has 1 N–H and O–H groups in total. The number of aliphatic imine (C=N–C) groups is 1. The van der Waals surface area contributed by atoms with Crippen molar-refractivity contribution in [2.24, 2.45) is 4.99 Å². The molecule has 10 heteroatoms. The van der Waals surface area contributed by atoms with Crippen LogP contribution in [0.1, 0.15) is 15.9 Å². The molecule has 0 unspecified atom stereocenters. The van der Waals surface area contributed by atoms with E-state index in [1.165, 1.54) is 19.4 Å². The summed E-state index contributed by atoms with van der Waals surface area (Å²) in [6.45, 7) is 0. The molecule has 4 rings (SSSR count). The third kappa shape index (κ3) is 5.13. The van der Waals surface area contributed by atoms with Crippen LogP contribution in [0, 0.1) is 10.1 Å². The first-order valence-corrected chi connectivity index (χ1v) is 10.5. The molecule has 0 aliphatic carbocycles. The third-order valence-corrected chi connectivity index (χ3v) is 5.49. The minimum Gasteiger partial charge on any atom is -0.465 e. The van der Waals surface area contributed by atoms with Gasteiger partial charge in [0.05, 0.1) is 28.2 Å². The number of H-pyrrole nitrogens is 1. The fourth-order valence-corrected chi connectivity index (χ4v) is 3.77. The number of aromatic amines is 1. The van der Waals surface area contributed by atoms with E-state index in [2.05, 4.69) is 20.2 Å². The summed E-state index contributed by atoms with van der Waals surface area (Å²) in [6, 6.07) is 20.9. The molecule has 9 nitrogen and oxygen atoms in total. The van der Waals surface area contributed by atoms with Crippen LogP contribution in [-0.2, 0) is 4.74 Å². The molecule has 0 saturated carbocycles. The molecular weight excluding hydrogens is 442 g/mol. The Morgan fingerprint density at radius 2 is 1.88 bits per heavy atom. The fraction of sp³-hybridized carbons (Fsp3) is 0.0435. The maximum Gasteiger partial charge on any atom is 0.340 e. The van der Waals surface area contributed by atoms with Crippen molar-refractivity contribution >= 4 is 35.3 Å². The number of nitro benzene ring substituents is 1. The van der Waals surface area contributed by atoms with Gasteiger partial charge in [-0.05, 0) is 35.5 Å². The fourth-order valence-electron chi connectivity index (χ4n) is 2.97. The number of ether oxygens (including phenoxy) is 1. The number of hydrogen-bond donors (Lipinski definition) is 1. The van der Waals surface area contributed by atoms with Gasteiger partial charge in [0.15, 0.2) is 5.82 Å². The number of esters is 1. The normalized spacial score (nSPS) is 10.9. The number of carbonyl (C=O) groups is 1. The van der Waals surface area contributed by atoms with E-state index >= 15 is 0 Å². The highest BCUT2D eigenvalue weighted by Gasteiger charge is 2.18. The zero-order valence-electron chi connectivity index (χ0n) is 17.3. The molecule has 1 heterocycles. The smallest absolute Gasteiger partial charge is 0.340 e. The summed E-state index contributed by atoms with van der Waals surface area (Å²) in [6.07, 6.45) is 1.46. The van der Waals surface area contributed by atoms with Gasteiger partial charge < -0.3 is 4.74 Å². The van der Waals surface area contributed by atoms with Crippen molar-refractivity contribution in [1.82, 2.24) is 15.2 Å². The standard InChI is InChI=1S/C23H17N5O4S/c1-32-22(29)17-9-5-6-10-18(17)24-14-15-11-12-20(19(13-15)28(30)31)33-23-25-21(26-27-23)16-7-3-2-4-8-16/h2-14H,1H3,(H,25,26,27). The summed E-state index contributed by atoms with van der Waals surface area (Å²) in [5.74, 6) is 0.0654. The Labute approximate surface area is 192 Å². The van der Waals surface area contributed by atoms with Gasteiger partial charge >= 0.3 is 5.97 Å². The summed E-state index contributed by atoms with van der Waals surface area (Å²) in [5, 5.41) is 19.1. The number of aromatic nitrogens is 3. The first-order chi connectivity index (χ1) is 16.0. The predicted molar refractivity (Wildman–Crippen MR) is 124 cm³/mol. The molecule has 0 bridgehead atoms. The molecule has 3 aromatic carbocycles. The van der Waals surface area contributed by atoms with E-state index in [-0.39, 0.29) is 5.69 Å². The van der Waals surface area contributed by atoms with Crippen LogP contribution in [0.4, 0.5) is 11.4 Å². The van der Waals surface area contributed by atoms with Crippen LogP contribution in [0.3, 0.4) is 0 Å². The second-order valence-electron chi connectivity index (χ2n) is 6.69. The lowest BCUT2D eigenvalue weighted by Gasteiger charge is -2.04. The van der Waals surface area contributed by atoms with Crippen molar-refractivity contribution in [3.63, 3.8) is 0 Å². The number of methoxy groups -OCH3 is 1. The zero-order valence-corrected chi connectivity index (χ0v) is 18.2. The van der Waals surface area contributed by atoms with Crippen LogP contribution >= 0.6 is 11.8 Å². The van der Waals surface area contributed by atoms with Crippen LogP contribution in [0.5, 0.6) is 0 Å². The number of rotatable bonds is 7. The van der Waals surface area contributed by atoms with Gasteiger partial charge in [0, 0.05) is 17.8 Å². The Hall–Kier alpha value is -4.31. The largest absolute Gasteiger partial charge is 0.465 e. The van der Waals surface area contributed by atoms with E-state index in [0.29, 0.717) is 32.7 Å². The Balaban J connectivity index is 1.58. The quantitative estimate of drug-likeness (QED) is 0.177. The van der Waals surface area contributed by atoms with E-state index < -0.39 is 10.9 Å².